The van der Waals surface area contributed by atoms with Crippen molar-refractivity contribution in [2.24, 2.45) is 10.9 Å². The number of guanidine groups is 1. The van der Waals surface area contributed by atoms with E-state index >= 15 is 0 Å². The molecule has 0 saturated carbocycles. The van der Waals surface area contributed by atoms with Crippen LogP contribution in [0.5, 0.6) is 0 Å². The highest BCUT2D eigenvalue weighted by atomic mass is 127. The van der Waals surface area contributed by atoms with Gasteiger partial charge in [0.25, 0.3) is 0 Å². The summed E-state index contributed by atoms with van der Waals surface area (Å²) >= 11 is 0. The summed E-state index contributed by atoms with van der Waals surface area (Å²) in [5.74, 6) is 1.67. The molecule has 2 N–H and O–H groups in total. The SMILES string of the molecule is CCNC(=NCc1ccccc1CN(C)C)NCCCC(C)C.I. The van der Waals surface area contributed by atoms with Gasteiger partial charge in [-0.1, -0.05) is 38.1 Å². The minimum atomic E-state index is 0. The van der Waals surface area contributed by atoms with E-state index in [0.717, 1.165) is 31.5 Å². The Balaban J connectivity index is 0.00000529. The van der Waals surface area contributed by atoms with Crippen molar-refractivity contribution in [3.05, 3.63) is 35.4 Å². The van der Waals surface area contributed by atoms with Gasteiger partial charge in [-0.3, -0.25) is 0 Å². The summed E-state index contributed by atoms with van der Waals surface area (Å²) in [4.78, 5) is 6.94. The number of benzene rings is 1. The van der Waals surface area contributed by atoms with Crippen LogP contribution in [-0.2, 0) is 13.1 Å². The fraction of sp³-hybridized carbons (Fsp3) is 0.632. The topological polar surface area (TPSA) is 39.7 Å². The van der Waals surface area contributed by atoms with E-state index in [2.05, 4.69) is 74.7 Å². The molecule has 0 atom stereocenters. The molecule has 4 nitrogen and oxygen atoms in total. The van der Waals surface area contributed by atoms with Crippen molar-refractivity contribution in [1.82, 2.24) is 15.5 Å². The first-order valence-corrected chi connectivity index (χ1v) is 8.76. The third-order valence-corrected chi connectivity index (χ3v) is 3.61. The van der Waals surface area contributed by atoms with Crippen molar-refractivity contribution in [2.75, 3.05) is 27.2 Å². The zero-order valence-corrected chi connectivity index (χ0v) is 18.3. The highest BCUT2D eigenvalue weighted by Crippen LogP contribution is 2.11. The average molecular weight is 446 g/mol. The first kappa shape index (κ1) is 23.2. The Kier molecular flexibility index (Phi) is 13.0. The number of aliphatic imine (C=N–C) groups is 1. The van der Waals surface area contributed by atoms with Crippen LogP contribution in [-0.4, -0.2) is 38.0 Å². The van der Waals surface area contributed by atoms with Crippen molar-refractivity contribution in [3.63, 3.8) is 0 Å². The predicted molar refractivity (Wildman–Crippen MR) is 116 cm³/mol. The summed E-state index contributed by atoms with van der Waals surface area (Å²) in [7, 11) is 4.20. The molecule has 0 radical (unpaired) electrons. The molecule has 1 aromatic carbocycles. The summed E-state index contributed by atoms with van der Waals surface area (Å²) in [6, 6.07) is 8.55. The molecule has 138 valence electrons. The maximum atomic E-state index is 4.74. The van der Waals surface area contributed by atoms with Crippen LogP contribution in [0, 0.1) is 5.92 Å². The Hall–Kier alpha value is -0.820. The van der Waals surface area contributed by atoms with Crippen molar-refractivity contribution < 1.29 is 0 Å². The fourth-order valence-electron chi connectivity index (χ4n) is 2.43. The summed E-state index contributed by atoms with van der Waals surface area (Å²) in [5.41, 5.74) is 2.64. The molecule has 0 aliphatic heterocycles. The molecule has 0 aliphatic carbocycles. The number of rotatable bonds is 9. The lowest BCUT2D eigenvalue weighted by Crippen LogP contribution is -2.37. The van der Waals surface area contributed by atoms with Crippen molar-refractivity contribution in [3.8, 4) is 0 Å². The molecule has 0 aliphatic rings. The Morgan fingerprint density at radius 3 is 2.38 bits per heavy atom. The van der Waals surface area contributed by atoms with E-state index in [1.54, 1.807) is 0 Å². The van der Waals surface area contributed by atoms with Crippen molar-refractivity contribution in [1.29, 1.82) is 0 Å². The summed E-state index contributed by atoms with van der Waals surface area (Å²) < 4.78 is 0. The summed E-state index contributed by atoms with van der Waals surface area (Å²) in [5, 5.41) is 6.76. The second-order valence-electron chi connectivity index (χ2n) is 6.66. The number of hydrogen-bond acceptors (Lipinski definition) is 2. The molecular formula is C19H35IN4. The fourth-order valence-corrected chi connectivity index (χ4v) is 2.43. The van der Waals surface area contributed by atoms with Gasteiger partial charge in [-0.25, -0.2) is 4.99 Å². The molecule has 0 unspecified atom stereocenters. The van der Waals surface area contributed by atoms with Crippen molar-refractivity contribution >= 4 is 29.9 Å². The van der Waals surface area contributed by atoms with Gasteiger partial charge < -0.3 is 15.5 Å². The van der Waals surface area contributed by atoms with Crippen LogP contribution >= 0.6 is 24.0 Å². The third kappa shape index (κ3) is 10.1. The molecule has 24 heavy (non-hydrogen) atoms. The van der Waals surface area contributed by atoms with Gasteiger partial charge in [-0.2, -0.15) is 0 Å². The van der Waals surface area contributed by atoms with Crippen LogP contribution in [0.1, 0.15) is 44.7 Å². The molecule has 0 spiro atoms. The Morgan fingerprint density at radius 2 is 1.79 bits per heavy atom. The molecule has 1 aromatic rings. The van der Waals surface area contributed by atoms with Gasteiger partial charge in [-0.15, -0.1) is 24.0 Å². The van der Waals surface area contributed by atoms with E-state index in [1.807, 2.05) is 0 Å². The number of nitrogens with one attached hydrogen (secondary N) is 2. The monoisotopic (exact) mass is 446 g/mol. The standard InChI is InChI=1S/C19H34N4.HI/c1-6-20-19(21-13-9-10-16(2)3)22-14-17-11-7-8-12-18(17)15-23(4)5;/h7-8,11-12,16H,6,9-10,13-15H2,1-5H3,(H2,20,21,22);1H. The second-order valence-corrected chi connectivity index (χ2v) is 6.66. The largest absolute Gasteiger partial charge is 0.357 e. The van der Waals surface area contributed by atoms with Crippen LogP contribution in [0.15, 0.2) is 29.3 Å². The lowest BCUT2D eigenvalue weighted by atomic mass is 10.1. The highest BCUT2D eigenvalue weighted by Gasteiger charge is 2.04. The molecule has 5 heteroatoms. The van der Waals surface area contributed by atoms with E-state index in [0.29, 0.717) is 6.54 Å². The molecule has 1 rings (SSSR count). The van der Waals surface area contributed by atoms with Crippen molar-refractivity contribution in [2.45, 2.75) is 46.7 Å². The smallest absolute Gasteiger partial charge is 0.191 e. The maximum Gasteiger partial charge on any atom is 0.191 e. The molecule has 0 aromatic heterocycles. The Labute approximate surface area is 165 Å². The van der Waals surface area contributed by atoms with Gasteiger partial charge in [0.05, 0.1) is 6.54 Å². The van der Waals surface area contributed by atoms with E-state index in [-0.39, 0.29) is 24.0 Å². The normalized spacial score (nSPS) is 11.5. The van der Waals surface area contributed by atoms with Crippen LogP contribution < -0.4 is 10.6 Å². The maximum absolute atomic E-state index is 4.74. The van der Waals surface area contributed by atoms with E-state index in [1.165, 1.54) is 24.0 Å². The highest BCUT2D eigenvalue weighted by molar-refractivity contribution is 14.0. The molecule has 0 saturated heterocycles. The second kappa shape index (κ2) is 13.5. The third-order valence-electron chi connectivity index (χ3n) is 3.61. The minimum absolute atomic E-state index is 0. The van der Waals surface area contributed by atoms with Crippen LogP contribution in [0.4, 0.5) is 0 Å². The summed E-state index contributed by atoms with van der Waals surface area (Å²) in [6.07, 6.45) is 2.43. The Bertz CT molecular complexity index is 472. The van der Waals surface area contributed by atoms with E-state index < -0.39 is 0 Å². The number of nitrogens with zero attached hydrogens (tertiary/aromatic N) is 2. The van der Waals surface area contributed by atoms with Gasteiger partial charge in [0.15, 0.2) is 5.96 Å². The quantitative estimate of drug-likeness (QED) is 0.262. The molecule has 0 amide bonds. The van der Waals surface area contributed by atoms with E-state index in [4.69, 9.17) is 4.99 Å². The average Bonchev–Trinajstić information content (AvgIpc) is 2.49. The lowest BCUT2D eigenvalue weighted by molar-refractivity contribution is 0.401. The van der Waals surface area contributed by atoms with Gasteiger partial charge in [0.1, 0.15) is 0 Å². The minimum Gasteiger partial charge on any atom is -0.357 e. The first-order chi connectivity index (χ1) is 11.0. The molecule has 0 heterocycles. The Morgan fingerprint density at radius 1 is 1.12 bits per heavy atom. The number of halogens is 1. The van der Waals surface area contributed by atoms with E-state index in [9.17, 15) is 0 Å². The molecular weight excluding hydrogens is 411 g/mol. The zero-order chi connectivity index (χ0) is 17.1. The van der Waals surface area contributed by atoms with Crippen LogP contribution in [0.3, 0.4) is 0 Å². The molecule has 0 fully saturated rings. The van der Waals surface area contributed by atoms with Crippen LogP contribution in [0.25, 0.3) is 0 Å². The van der Waals surface area contributed by atoms with Gasteiger partial charge in [-0.05, 0) is 50.9 Å². The molecule has 0 bridgehead atoms. The summed E-state index contributed by atoms with van der Waals surface area (Å²) in [6.45, 7) is 10.2. The van der Waals surface area contributed by atoms with Crippen LogP contribution in [0.2, 0.25) is 0 Å². The first-order valence-electron chi connectivity index (χ1n) is 8.76. The van der Waals surface area contributed by atoms with Gasteiger partial charge in [0, 0.05) is 19.6 Å². The lowest BCUT2D eigenvalue weighted by Gasteiger charge is -2.15. The number of hydrogen-bond donors (Lipinski definition) is 2. The van der Waals surface area contributed by atoms with Gasteiger partial charge >= 0.3 is 0 Å². The predicted octanol–water partition coefficient (Wildman–Crippen LogP) is 3.86. The zero-order valence-electron chi connectivity index (χ0n) is 15.9. The van der Waals surface area contributed by atoms with Gasteiger partial charge in [0.2, 0.25) is 0 Å².